The second kappa shape index (κ2) is 6.57. The first-order valence-corrected chi connectivity index (χ1v) is 6.94. The van der Waals surface area contributed by atoms with Crippen LogP contribution in [0.4, 0.5) is 0 Å². The van der Waals surface area contributed by atoms with Crippen LogP contribution in [0.5, 0.6) is 5.75 Å². The topological polar surface area (TPSA) is 55.6 Å². The van der Waals surface area contributed by atoms with Gasteiger partial charge < -0.3 is 15.4 Å². The predicted octanol–water partition coefficient (Wildman–Crippen LogP) is 1.93. The summed E-state index contributed by atoms with van der Waals surface area (Å²) in [6.45, 7) is 3.88. The Bertz CT molecular complexity index is 434. The number of carbonyl (C=O) groups excluding carboxylic acids is 1. The molecule has 1 heterocycles. The molecule has 1 aliphatic heterocycles. The summed E-state index contributed by atoms with van der Waals surface area (Å²) in [5, 5.41) is 0. The normalized spacial score (nSPS) is 16.2. The Morgan fingerprint density at radius 3 is 3.05 bits per heavy atom. The van der Waals surface area contributed by atoms with Crippen molar-refractivity contribution in [1.82, 2.24) is 4.90 Å². The first-order chi connectivity index (χ1) is 9.20. The molecule has 0 spiro atoms. The van der Waals surface area contributed by atoms with E-state index in [2.05, 4.69) is 6.92 Å². The van der Waals surface area contributed by atoms with Gasteiger partial charge in [0.05, 0.1) is 6.54 Å². The summed E-state index contributed by atoms with van der Waals surface area (Å²) in [7, 11) is 0. The maximum Gasteiger partial charge on any atom is 0.224 e. The number of benzene rings is 1. The van der Waals surface area contributed by atoms with Crippen LogP contribution in [0, 0.1) is 0 Å². The van der Waals surface area contributed by atoms with Crippen LogP contribution in [-0.2, 0) is 11.3 Å². The molecular weight excluding hydrogens is 240 g/mol. The fraction of sp³-hybridized carbons (Fsp3) is 0.533. The molecular formula is C15H22N2O2. The highest BCUT2D eigenvalue weighted by molar-refractivity contribution is 5.77. The molecule has 4 nitrogen and oxygen atoms in total. The van der Waals surface area contributed by atoms with Gasteiger partial charge in [0.2, 0.25) is 5.91 Å². The fourth-order valence-corrected chi connectivity index (χ4v) is 2.36. The minimum absolute atomic E-state index is 0.0306. The van der Waals surface area contributed by atoms with E-state index >= 15 is 0 Å². The number of carbonyl (C=O) groups is 1. The van der Waals surface area contributed by atoms with Gasteiger partial charge in [0, 0.05) is 24.6 Å². The molecule has 1 aliphatic rings. The van der Waals surface area contributed by atoms with Gasteiger partial charge in [-0.2, -0.15) is 0 Å². The Kier molecular flexibility index (Phi) is 4.80. The van der Waals surface area contributed by atoms with Crippen molar-refractivity contribution in [2.75, 3.05) is 13.2 Å². The van der Waals surface area contributed by atoms with Crippen LogP contribution < -0.4 is 10.5 Å². The Morgan fingerprint density at radius 1 is 1.47 bits per heavy atom. The average molecular weight is 262 g/mol. The lowest BCUT2D eigenvalue weighted by atomic mass is 10.1. The van der Waals surface area contributed by atoms with E-state index in [-0.39, 0.29) is 11.9 Å². The second-order valence-corrected chi connectivity index (χ2v) is 5.02. The van der Waals surface area contributed by atoms with E-state index in [9.17, 15) is 4.79 Å². The lowest BCUT2D eigenvalue weighted by molar-refractivity contribution is -0.132. The quantitative estimate of drug-likeness (QED) is 0.902. The number of nitrogens with two attached hydrogens (primary N) is 1. The number of amides is 1. The highest BCUT2D eigenvalue weighted by atomic mass is 16.5. The summed E-state index contributed by atoms with van der Waals surface area (Å²) in [5.41, 5.74) is 7.01. The SMILES string of the molecule is CCCC(N)CC(=O)N1CCOc2ccccc2C1. The zero-order chi connectivity index (χ0) is 13.7. The van der Waals surface area contributed by atoms with Gasteiger partial charge in [-0.05, 0) is 12.5 Å². The first kappa shape index (κ1) is 13.9. The van der Waals surface area contributed by atoms with Crippen molar-refractivity contribution in [1.29, 1.82) is 0 Å². The van der Waals surface area contributed by atoms with Gasteiger partial charge in [0.1, 0.15) is 12.4 Å². The van der Waals surface area contributed by atoms with Crippen LogP contribution in [0.15, 0.2) is 24.3 Å². The summed E-state index contributed by atoms with van der Waals surface area (Å²) >= 11 is 0. The molecule has 19 heavy (non-hydrogen) atoms. The summed E-state index contributed by atoms with van der Waals surface area (Å²) in [4.78, 5) is 14.1. The molecule has 0 aliphatic carbocycles. The highest BCUT2D eigenvalue weighted by Crippen LogP contribution is 2.22. The summed E-state index contributed by atoms with van der Waals surface area (Å²) in [6.07, 6.45) is 2.34. The number of hydrogen-bond acceptors (Lipinski definition) is 3. The molecule has 0 saturated heterocycles. The lowest BCUT2D eigenvalue weighted by Gasteiger charge is -2.21. The van der Waals surface area contributed by atoms with Gasteiger partial charge in [-0.25, -0.2) is 0 Å². The molecule has 104 valence electrons. The van der Waals surface area contributed by atoms with E-state index in [1.165, 1.54) is 0 Å². The van der Waals surface area contributed by atoms with Gasteiger partial charge in [-0.1, -0.05) is 31.5 Å². The molecule has 1 atom stereocenters. The molecule has 1 aromatic rings. The maximum absolute atomic E-state index is 12.2. The van der Waals surface area contributed by atoms with Crippen LogP contribution in [-0.4, -0.2) is 30.0 Å². The minimum atomic E-state index is -0.0306. The van der Waals surface area contributed by atoms with E-state index in [1.807, 2.05) is 29.2 Å². The largest absolute Gasteiger partial charge is 0.491 e. The van der Waals surface area contributed by atoms with E-state index < -0.39 is 0 Å². The first-order valence-electron chi connectivity index (χ1n) is 6.94. The number of ether oxygens (including phenoxy) is 1. The van der Waals surface area contributed by atoms with Crippen molar-refractivity contribution >= 4 is 5.91 Å². The maximum atomic E-state index is 12.2. The Labute approximate surface area is 114 Å². The van der Waals surface area contributed by atoms with Crippen molar-refractivity contribution in [3.05, 3.63) is 29.8 Å². The Morgan fingerprint density at radius 2 is 2.26 bits per heavy atom. The number of rotatable bonds is 4. The monoisotopic (exact) mass is 262 g/mol. The molecule has 2 N–H and O–H groups in total. The van der Waals surface area contributed by atoms with Crippen molar-refractivity contribution in [3.8, 4) is 5.75 Å². The Balaban J connectivity index is 2.00. The van der Waals surface area contributed by atoms with Crippen molar-refractivity contribution < 1.29 is 9.53 Å². The molecule has 0 saturated carbocycles. The fourth-order valence-electron chi connectivity index (χ4n) is 2.36. The number of nitrogens with zero attached hydrogens (tertiary/aromatic N) is 1. The third-order valence-electron chi connectivity index (χ3n) is 3.40. The van der Waals surface area contributed by atoms with Crippen LogP contribution in [0.25, 0.3) is 0 Å². The van der Waals surface area contributed by atoms with Gasteiger partial charge in [-0.3, -0.25) is 4.79 Å². The average Bonchev–Trinajstić information content (AvgIpc) is 2.61. The molecule has 1 amide bonds. The van der Waals surface area contributed by atoms with Crippen molar-refractivity contribution in [2.45, 2.75) is 38.8 Å². The smallest absolute Gasteiger partial charge is 0.224 e. The van der Waals surface area contributed by atoms with E-state index in [4.69, 9.17) is 10.5 Å². The van der Waals surface area contributed by atoms with Gasteiger partial charge in [0.25, 0.3) is 0 Å². The third-order valence-corrected chi connectivity index (χ3v) is 3.40. The summed E-state index contributed by atoms with van der Waals surface area (Å²) < 4.78 is 5.66. The van der Waals surface area contributed by atoms with Crippen molar-refractivity contribution in [3.63, 3.8) is 0 Å². The zero-order valence-corrected chi connectivity index (χ0v) is 11.5. The molecule has 4 heteroatoms. The zero-order valence-electron chi connectivity index (χ0n) is 11.5. The van der Waals surface area contributed by atoms with Crippen LogP contribution in [0.2, 0.25) is 0 Å². The van der Waals surface area contributed by atoms with E-state index in [0.29, 0.717) is 26.1 Å². The summed E-state index contributed by atoms with van der Waals surface area (Å²) in [6, 6.07) is 7.85. The van der Waals surface area contributed by atoms with E-state index in [0.717, 1.165) is 24.2 Å². The van der Waals surface area contributed by atoms with Gasteiger partial charge in [0.15, 0.2) is 0 Å². The van der Waals surface area contributed by atoms with Crippen LogP contribution in [0.3, 0.4) is 0 Å². The van der Waals surface area contributed by atoms with Gasteiger partial charge >= 0.3 is 0 Å². The van der Waals surface area contributed by atoms with E-state index in [1.54, 1.807) is 0 Å². The molecule has 1 aromatic carbocycles. The van der Waals surface area contributed by atoms with Crippen LogP contribution in [0.1, 0.15) is 31.7 Å². The number of fused-ring (bicyclic) bond motifs is 1. The van der Waals surface area contributed by atoms with Crippen LogP contribution >= 0.6 is 0 Å². The molecule has 0 aromatic heterocycles. The standard InChI is InChI=1S/C15H22N2O2/c1-2-5-13(16)10-15(18)17-8-9-19-14-7-4-3-6-12(14)11-17/h3-4,6-7,13H,2,5,8-11,16H2,1H3. The molecule has 0 bridgehead atoms. The summed E-state index contributed by atoms with van der Waals surface area (Å²) in [5.74, 6) is 1.01. The third kappa shape index (κ3) is 3.70. The van der Waals surface area contributed by atoms with Crippen molar-refractivity contribution in [2.24, 2.45) is 5.73 Å². The van der Waals surface area contributed by atoms with Gasteiger partial charge in [-0.15, -0.1) is 0 Å². The lowest BCUT2D eigenvalue weighted by Crippen LogP contribution is -2.36. The predicted molar refractivity (Wildman–Crippen MR) is 74.9 cm³/mol. The minimum Gasteiger partial charge on any atom is -0.491 e. The molecule has 0 fully saturated rings. The highest BCUT2D eigenvalue weighted by Gasteiger charge is 2.20. The second-order valence-electron chi connectivity index (χ2n) is 5.02. The number of hydrogen-bond donors (Lipinski definition) is 1. The molecule has 0 radical (unpaired) electrons. The molecule has 2 rings (SSSR count). The Hall–Kier alpha value is -1.55. The molecule has 1 unspecified atom stereocenters. The number of para-hydroxylation sites is 1.